The first kappa shape index (κ1) is 38.7. The number of nitrogens with zero attached hydrogens (tertiary/aromatic N) is 6. The highest BCUT2D eigenvalue weighted by Gasteiger charge is 2.46. The molecule has 4 aliphatic rings. The van der Waals surface area contributed by atoms with Gasteiger partial charge in [-0.25, -0.2) is 23.5 Å². The molecule has 0 bridgehead atoms. The summed E-state index contributed by atoms with van der Waals surface area (Å²) in [5.41, 5.74) is 0.549. The number of furan rings is 1. The number of rotatable bonds is 7. The van der Waals surface area contributed by atoms with Crippen molar-refractivity contribution in [2.45, 2.75) is 56.9 Å². The van der Waals surface area contributed by atoms with Gasteiger partial charge in [0.05, 0.1) is 29.2 Å². The Morgan fingerprint density at radius 3 is 2.26 bits per heavy atom. The Labute approximate surface area is 326 Å². The number of carbonyl (C=O) groups excluding carboxylic acids is 5. The zero-order chi connectivity index (χ0) is 41.0. The van der Waals surface area contributed by atoms with Gasteiger partial charge in [-0.1, -0.05) is 0 Å². The number of benzene rings is 2. The summed E-state index contributed by atoms with van der Waals surface area (Å²) in [5.74, 6) is -4.75. The number of anilines is 3. The van der Waals surface area contributed by atoms with Gasteiger partial charge in [-0.15, -0.1) is 0 Å². The average molecular weight is 810 g/mol. The van der Waals surface area contributed by atoms with Crippen LogP contribution in [0.25, 0.3) is 11.0 Å². The van der Waals surface area contributed by atoms with E-state index in [2.05, 4.69) is 30.4 Å². The molecule has 0 aliphatic carbocycles. The molecular weight excluding hydrogens is 773 g/mol. The minimum atomic E-state index is -5.04. The number of fused-ring (bicyclic) bond motifs is 2. The van der Waals surface area contributed by atoms with Crippen LogP contribution >= 0.6 is 0 Å². The van der Waals surface area contributed by atoms with Crippen LogP contribution in [0.5, 0.6) is 0 Å². The van der Waals surface area contributed by atoms with E-state index in [1.54, 1.807) is 23.5 Å². The van der Waals surface area contributed by atoms with Crippen LogP contribution in [-0.4, -0.2) is 107 Å². The van der Waals surface area contributed by atoms with Crippen molar-refractivity contribution in [1.29, 1.82) is 0 Å². The van der Waals surface area contributed by atoms with Crippen LogP contribution in [0, 0.1) is 18.6 Å². The lowest BCUT2D eigenvalue weighted by atomic mass is 10.0. The topological polar surface area (TPSA) is 173 Å². The quantitative estimate of drug-likeness (QED) is 0.178. The smallest absolute Gasteiger partial charge is 0.416 e. The van der Waals surface area contributed by atoms with Crippen LogP contribution in [0.1, 0.15) is 63.8 Å². The summed E-state index contributed by atoms with van der Waals surface area (Å²) in [4.78, 5) is 79.2. The molecule has 4 aromatic rings. The maximum absolute atomic E-state index is 14.2. The summed E-state index contributed by atoms with van der Waals surface area (Å²) < 4.78 is 75.4. The maximum Gasteiger partial charge on any atom is 0.416 e. The summed E-state index contributed by atoms with van der Waals surface area (Å²) in [6.07, 6.45) is -0.733. The number of piperazine rings is 1. The van der Waals surface area contributed by atoms with E-state index in [9.17, 15) is 45.9 Å². The third-order valence-corrected chi connectivity index (χ3v) is 11.1. The van der Waals surface area contributed by atoms with Gasteiger partial charge in [-0.05, 0) is 50.5 Å². The van der Waals surface area contributed by atoms with E-state index in [0.717, 1.165) is 42.6 Å². The van der Waals surface area contributed by atoms with Crippen molar-refractivity contribution in [2.75, 3.05) is 54.4 Å². The van der Waals surface area contributed by atoms with E-state index in [-0.39, 0.29) is 46.6 Å². The summed E-state index contributed by atoms with van der Waals surface area (Å²) in [7, 11) is 0. The molecule has 20 heteroatoms. The predicted molar refractivity (Wildman–Crippen MR) is 196 cm³/mol. The van der Waals surface area contributed by atoms with Crippen molar-refractivity contribution < 1.29 is 50.3 Å². The first-order valence-electron chi connectivity index (χ1n) is 18.6. The van der Waals surface area contributed by atoms with Gasteiger partial charge in [-0.3, -0.25) is 34.3 Å². The standard InChI is InChI=1S/C38H36F5N9O6/c1-19-25-14-20(39)15-27(40)31(25)58-30(19)32(38(41,42)43)48-37(57)46-21-17-44-36(45-18-21)51-8-6-22(7-9-51)49-10-12-50(13-11-49)23-2-3-24-26(16-23)35(56)52(34(24)55)28-4-5-29(53)47-33(28)54/h2-3,14-18,22,28,32H,4-13H2,1H3,(H2,46,48,57)(H,47,53,54)/t28?,32-/m1/s1. The SMILES string of the molecule is Cc1c([C@@H](NC(=O)Nc2cnc(N3CCC(N4CCN(c5ccc6c(c5)C(=O)N(C5CCC(=O)NC5=O)C6=O)CC4)CC3)nc2)C(F)(F)F)oc2c(F)cc(F)cc12. The second-order valence-corrected chi connectivity index (χ2v) is 14.6. The van der Waals surface area contributed by atoms with Gasteiger partial charge in [0.25, 0.3) is 11.8 Å². The molecular formula is C38H36F5N9O6. The highest BCUT2D eigenvalue weighted by molar-refractivity contribution is 6.23. The van der Waals surface area contributed by atoms with E-state index in [1.807, 2.05) is 4.90 Å². The maximum atomic E-state index is 14.2. The molecule has 0 saturated carbocycles. The fourth-order valence-electron chi connectivity index (χ4n) is 8.11. The van der Waals surface area contributed by atoms with Crippen LogP contribution in [0.2, 0.25) is 0 Å². The summed E-state index contributed by atoms with van der Waals surface area (Å²) in [5, 5.41) is 6.10. The zero-order valence-corrected chi connectivity index (χ0v) is 30.9. The van der Waals surface area contributed by atoms with Crippen LogP contribution in [0.4, 0.5) is 44.1 Å². The highest BCUT2D eigenvalue weighted by atomic mass is 19.4. The lowest BCUT2D eigenvalue weighted by Gasteiger charge is -2.43. The van der Waals surface area contributed by atoms with E-state index in [1.165, 1.54) is 19.3 Å². The fraction of sp³-hybridized carbons (Fsp3) is 0.395. The molecule has 2 atom stereocenters. The molecule has 2 aromatic carbocycles. The third-order valence-electron chi connectivity index (χ3n) is 11.1. The largest absolute Gasteiger partial charge is 0.455 e. The molecule has 2 aromatic heterocycles. The first-order chi connectivity index (χ1) is 27.7. The fourth-order valence-corrected chi connectivity index (χ4v) is 8.11. The van der Waals surface area contributed by atoms with Crippen molar-refractivity contribution >= 4 is 58.0 Å². The molecule has 58 heavy (non-hydrogen) atoms. The lowest BCUT2D eigenvalue weighted by molar-refractivity contribution is -0.158. The van der Waals surface area contributed by atoms with Crippen LogP contribution < -0.4 is 25.8 Å². The predicted octanol–water partition coefficient (Wildman–Crippen LogP) is 4.43. The van der Waals surface area contributed by atoms with Crippen LogP contribution in [0.3, 0.4) is 0 Å². The molecule has 0 spiro atoms. The van der Waals surface area contributed by atoms with Gasteiger partial charge >= 0.3 is 12.2 Å². The number of hydrogen-bond donors (Lipinski definition) is 3. The number of imide groups is 2. The van der Waals surface area contributed by atoms with Gasteiger partial charge in [0.1, 0.15) is 17.6 Å². The van der Waals surface area contributed by atoms with E-state index < -0.39 is 70.9 Å². The number of nitrogens with one attached hydrogen (secondary N) is 3. The average Bonchev–Trinajstić information content (AvgIpc) is 3.65. The monoisotopic (exact) mass is 809 g/mol. The molecule has 3 saturated heterocycles. The summed E-state index contributed by atoms with van der Waals surface area (Å²) >= 11 is 0. The Morgan fingerprint density at radius 1 is 0.897 bits per heavy atom. The molecule has 6 amide bonds. The molecule has 4 aliphatic heterocycles. The van der Waals surface area contributed by atoms with Crippen molar-refractivity contribution in [3.05, 3.63) is 76.8 Å². The molecule has 15 nitrogen and oxygen atoms in total. The molecule has 3 N–H and O–H groups in total. The zero-order valence-electron chi connectivity index (χ0n) is 30.9. The number of hydrogen-bond acceptors (Lipinski definition) is 11. The highest BCUT2D eigenvalue weighted by Crippen LogP contribution is 2.39. The third kappa shape index (κ3) is 7.27. The van der Waals surface area contributed by atoms with E-state index in [0.29, 0.717) is 38.2 Å². The van der Waals surface area contributed by atoms with Gasteiger partial charge in [0.15, 0.2) is 17.4 Å². The summed E-state index contributed by atoms with van der Waals surface area (Å²) in [6, 6.07) is 1.80. The van der Waals surface area contributed by atoms with E-state index >= 15 is 0 Å². The second kappa shape index (κ2) is 15.0. The van der Waals surface area contributed by atoms with E-state index in [4.69, 9.17) is 4.42 Å². The van der Waals surface area contributed by atoms with Gasteiger partial charge < -0.3 is 24.9 Å². The van der Waals surface area contributed by atoms with Gasteiger partial charge in [-0.2, -0.15) is 13.2 Å². The van der Waals surface area contributed by atoms with Crippen LogP contribution in [-0.2, 0) is 9.59 Å². The van der Waals surface area contributed by atoms with Crippen molar-refractivity contribution in [3.63, 3.8) is 0 Å². The number of alkyl halides is 3. The Kier molecular flexibility index (Phi) is 9.98. The lowest BCUT2D eigenvalue weighted by Crippen LogP contribution is -2.54. The minimum absolute atomic E-state index is 0.0235. The van der Waals surface area contributed by atoms with Crippen LogP contribution in [0.15, 0.2) is 47.1 Å². The Morgan fingerprint density at radius 2 is 1.59 bits per heavy atom. The molecule has 3 fully saturated rings. The number of piperidine rings is 2. The first-order valence-corrected chi connectivity index (χ1v) is 18.6. The number of amides is 6. The molecule has 6 heterocycles. The normalized spacial score (nSPS) is 20.1. The number of halogens is 5. The minimum Gasteiger partial charge on any atom is -0.455 e. The molecule has 304 valence electrons. The van der Waals surface area contributed by atoms with Gasteiger partial charge in [0.2, 0.25) is 17.8 Å². The number of aryl methyl sites for hydroxylation is 1. The second-order valence-electron chi connectivity index (χ2n) is 14.6. The molecule has 0 radical (unpaired) electrons. The molecule has 1 unspecified atom stereocenters. The Bertz CT molecular complexity index is 2320. The summed E-state index contributed by atoms with van der Waals surface area (Å²) in [6.45, 7) is 5.37. The Hall–Kier alpha value is -6.18. The Balaban J connectivity index is 0.825. The molecule has 8 rings (SSSR count). The van der Waals surface area contributed by atoms with Crippen molar-refractivity contribution in [1.82, 2.24) is 30.4 Å². The number of carbonyl (C=O) groups is 5. The van der Waals surface area contributed by atoms with Crippen molar-refractivity contribution in [3.8, 4) is 0 Å². The van der Waals surface area contributed by atoms with Crippen molar-refractivity contribution in [2.24, 2.45) is 0 Å². The van der Waals surface area contributed by atoms with Gasteiger partial charge in [0, 0.05) is 74.4 Å². The number of aromatic nitrogens is 2. The number of urea groups is 1.